The van der Waals surface area contributed by atoms with Crippen LogP contribution in [-0.2, 0) is 19.1 Å². The number of amides is 2. The van der Waals surface area contributed by atoms with E-state index in [1.807, 2.05) is 13.8 Å². The van der Waals surface area contributed by atoms with Crippen molar-refractivity contribution in [1.82, 2.24) is 10.2 Å². The number of methoxy groups -OCH3 is 1. The van der Waals surface area contributed by atoms with Gasteiger partial charge in [0.05, 0.1) is 13.2 Å². The predicted molar refractivity (Wildman–Crippen MR) is 73.0 cm³/mol. The van der Waals surface area contributed by atoms with Crippen LogP contribution in [0.25, 0.3) is 0 Å². The predicted octanol–water partition coefficient (Wildman–Crippen LogP) is 0.699. The van der Waals surface area contributed by atoms with E-state index in [0.29, 0.717) is 13.1 Å². The molecule has 0 saturated carbocycles. The molecule has 7 heteroatoms. The maximum Gasteiger partial charge on any atom is 0.331 e. The highest BCUT2D eigenvalue weighted by molar-refractivity contribution is 5.91. The number of nitrogens with zero attached hydrogens (tertiary/aromatic N) is 1. The van der Waals surface area contributed by atoms with E-state index in [0.717, 1.165) is 12.2 Å². The number of esters is 2. The summed E-state index contributed by atoms with van der Waals surface area (Å²) in [5, 5.41) is 2.71. The Bertz CT molecular complexity index is 364. The summed E-state index contributed by atoms with van der Waals surface area (Å²) in [7, 11) is 1.21. The Hall–Kier alpha value is -2.05. The van der Waals surface area contributed by atoms with Crippen LogP contribution < -0.4 is 5.32 Å². The van der Waals surface area contributed by atoms with Crippen molar-refractivity contribution in [3.63, 3.8) is 0 Å². The lowest BCUT2D eigenvalue weighted by molar-refractivity contribution is -0.139. The summed E-state index contributed by atoms with van der Waals surface area (Å²) in [6.07, 6.45) is 1.95. The van der Waals surface area contributed by atoms with E-state index >= 15 is 0 Å². The maximum absolute atomic E-state index is 11.7. The lowest BCUT2D eigenvalue weighted by Crippen LogP contribution is -2.45. The first-order chi connectivity index (χ1) is 9.44. The molecule has 114 valence electrons. The fourth-order valence-corrected chi connectivity index (χ4v) is 1.31. The van der Waals surface area contributed by atoms with Gasteiger partial charge in [-0.1, -0.05) is 0 Å². The number of carbonyl (C=O) groups excluding carboxylic acids is 3. The third-order valence-electron chi connectivity index (χ3n) is 2.45. The largest absolute Gasteiger partial charge is 0.466 e. The van der Waals surface area contributed by atoms with Gasteiger partial charge in [-0.05, 0) is 20.8 Å². The minimum Gasteiger partial charge on any atom is -0.466 e. The van der Waals surface area contributed by atoms with Crippen molar-refractivity contribution >= 4 is 18.0 Å². The van der Waals surface area contributed by atoms with Crippen LogP contribution in [0.3, 0.4) is 0 Å². The quantitative estimate of drug-likeness (QED) is 0.550. The molecule has 0 aromatic rings. The smallest absolute Gasteiger partial charge is 0.331 e. The molecular weight excluding hydrogens is 264 g/mol. The third-order valence-corrected chi connectivity index (χ3v) is 2.45. The molecule has 0 aromatic heterocycles. The summed E-state index contributed by atoms with van der Waals surface area (Å²) >= 11 is 0. The van der Waals surface area contributed by atoms with Crippen LogP contribution >= 0.6 is 0 Å². The van der Waals surface area contributed by atoms with Gasteiger partial charge >= 0.3 is 18.0 Å². The van der Waals surface area contributed by atoms with Gasteiger partial charge in [-0.15, -0.1) is 0 Å². The number of hydrogen-bond acceptors (Lipinski definition) is 5. The van der Waals surface area contributed by atoms with Gasteiger partial charge in [0.2, 0.25) is 0 Å². The summed E-state index contributed by atoms with van der Waals surface area (Å²) in [6, 6.07) is -0.526. The van der Waals surface area contributed by atoms with Crippen LogP contribution in [-0.4, -0.2) is 55.7 Å². The van der Waals surface area contributed by atoms with Gasteiger partial charge in [0, 0.05) is 25.2 Å². The van der Waals surface area contributed by atoms with Crippen LogP contribution in [0.5, 0.6) is 0 Å². The van der Waals surface area contributed by atoms with Crippen molar-refractivity contribution in [3.05, 3.63) is 12.2 Å². The van der Waals surface area contributed by atoms with Crippen molar-refractivity contribution in [2.24, 2.45) is 0 Å². The molecule has 0 aliphatic carbocycles. The number of rotatable bonds is 7. The van der Waals surface area contributed by atoms with Crippen LogP contribution in [0.4, 0.5) is 4.79 Å². The fourth-order valence-electron chi connectivity index (χ4n) is 1.31. The third kappa shape index (κ3) is 7.40. The normalized spacial score (nSPS) is 11.8. The van der Waals surface area contributed by atoms with E-state index in [1.54, 1.807) is 11.8 Å². The number of hydrogen-bond donors (Lipinski definition) is 1. The van der Waals surface area contributed by atoms with Gasteiger partial charge in [0.1, 0.15) is 6.61 Å². The average Bonchev–Trinajstić information content (AvgIpc) is 2.43. The number of carbonyl (C=O) groups is 3. The minimum atomic E-state index is -0.667. The Balaban J connectivity index is 4.07. The van der Waals surface area contributed by atoms with Crippen LogP contribution in [0.2, 0.25) is 0 Å². The zero-order valence-corrected chi connectivity index (χ0v) is 12.3. The molecule has 20 heavy (non-hydrogen) atoms. The van der Waals surface area contributed by atoms with Gasteiger partial charge in [-0.2, -0.15) is 0 Å². The van der Waals surface area contributed by atoms with Gasteiger partial charge in [0.25, 0.3) is 0 Å². The van der Waals surface area contributed by atoms with Crippen molar-refractivity contribution < 1.29 is 23.9 Å². The van der Waals surface area contributed by atoms with E-state index in [1.165, 1.54) is 7.11 Å². The minimum absolute atomic E-state index is 0.0252. The van der Waals surface area contributed by atoms with E-state index in [2.05, 4.69) is 10.1 Å². The van der Waals surface area contributed by atoms with E-state index in [4.69, 9.17) is 4.74 Å². The van der Waals surface area contributed by atoms with Gasteiger partial charge in [-0.3, -0.25) is 0 Å². The molecule has 0 aromatic carbocycles. The first-order valence-corrected chi connectivity index (χ1v) is 6.42. The molecule has 7 nitrogen and oxygen atoms in total. The maximum atomic E-state index is 11.7. The monoisotopic (exact) mass is 286 g/mol. The van der Waals surface area contributed by atoms with Gasteiger partial charge in [0.15, 0.2) is 0 Å². The molecule has 0 aliphatic heterocycles. The highest BCUT2D eigenvalue weighted by Gasteiger charge is 2.13. The lowest BCUT2D eigenvalue weighted by Gasteiger charge is -2.22. The zero-order chi connectivity index (χ0) is 15.5. The Morgan fingerprint density at radius 1 is 1.15 bits per heavy atom. The SMILES string of the molecule is CCN(CC)C(=O)NC(C)COC(=O)/C=C/C(=O)OC. The number of urea groups is 1. The van der Waals surface area contributed by atoms with Crippen LogP contribution in [0.1, 0.15) is 20.8 Å². The molecule has 1 unspecified atom stereocenters. The molecule has 0 aliphatic rings. The molecule has 1 atom stereocenters. The highest BCUT2D eigenvalue weighted by Crippen LogP contribution is 1.93. The second kappa shape index (κ2) is 9.82. The second-order valence-electron chi connectivity index (χ2n) is 4.01. The molecule has 0 spiro atoms. The molecule has 0 fully saturated rings. The Morgan fingerprint density at radius 2 is 1.70 bits per heavy atom. The summed E-state index contributed by atoms with van der Waals surface area (Å²) in [5.74, 6) is -1.30. The summed E-state index contributed by atoms with van der Waals surface area (Å²) < 4.78 is 9.21. The first kappa shape index (κ1) is 17.9. The molecule has 1 N–H and O–H groups in total. The molecule has 0 rings (SSSR count). The summed E-state index contributed by atoms with van der Waals surface area (Å²) in [4.78, 5) is 35.4. The molecule has 2 amide bonds. The first-order valence-electron chi connectivity index (χ1n) is 6.42. The van der Waals surface area contributed by atoms with Gasteiger partial charge in [-0.25, -0.2) is 14.4 Å². The second-order valence-corrected chi connectivity index (χ2v) is 4.01. The van der Waals surface area contributed by atoms with Crippen molar-refractivity contribution in [2.75, 3.05) is 26.8 Å². The standard InChI is InChI=1S/C13H22N2O5/c1-5-15(6-2)13(18)14-10(3)9-20-12(17)8-7-11(16)19-4/h7-8,10H,5-6,9H2,1-4H3,(H,14,18)/b8-7+. The van der Waals surface area contributed by atoms with E-state index in [-0.39, 0.29) is 18.7 Å². The van der Waals surface area contributed by atoms with Crippen LogP contribution in [0.15, 0.2) is 12.2 Å². The molecule has 0 radical (unpaired) electrons. The van der Waals surface area contributed by atoms with Gasteiger partial charge < -0.3 is 19.7 Å². The highest BCUT2D eigenvalue weighted by atomic mass is 16.5. The number of ether oxygens (including phenoxy) is 2. The number of nitrogens with one attached hydrogen (secondary N) is 1. The van der Waals surface area contributed by atoms with Crippen molar-refractivity contribution in [2.45, 2.75) is 26.8 Å². The zero-order valence-electron chi connectivity index (χ0n) is 12.3. The molecule has 0 heterocycles. The fraction of sp³-hybridized carbons (Fsp3) is 0.615. The topological polar surface area (TPSA) is 84.9 Å². The Kier molecular flexibility index (Phi) is 8.82. The van der Waals surface area contributed by atoms with Crippen molar-refractivity contribution in [1.29, 1.82) is 0 Å². The molecule has 0 saturated heterocycles. The lowest BCUT2D eigenvalue weighted by atomic mass is 10.3. The van der Waals surface area contributed by atoms with Crippen LogP contribution in [0, 0.1) is 0 Å². The van der Waals surface area contributed by atoms with E-state index in [9.17, 15) is 14.4 Å². The molecular formula is C13H22N2O5. The Morgan fingerprint density at radius 3 is 2.20 bits per heavy atom. The Labute approximate surface area is 118 Å². The van der Waals surface area contributed by atoms with E-state index < -0.39 is 11.9 Å². The average molecular weight is 286 g/mol. The summed E-state index contributed by atoms with van der Waals surface area (Å²) in [6.45, 7) is 6.72. The summed E-state index contributed by atoms with van der Waals surface area (Å²) in [5.41, 5.74) is 0. The molecule has 0 bridgehead atoms. The van der Waals surface area contributed by atoms with Crippen molar-refractivity contribution in [3.8, 4) is 0 Å².